The molecule has 0 radical (unpaired) electrons. The molecule has 0 aliphatic carbocycles. The Hall–Kier alpha value is -3.96. The van der Waals surface area contributed by atoms with E-state index in [0.29, 0.717) is 6.61 Å². The Bertz CT molecular complexity index is 1670. The molecule has 5 heteroatoms. The third-order valence-electron chi connectivity index (χ3n) is 6.92. The molecule has 7 rings (SSSR count). The van der Waals surface area contributed by atoms with Crippen LogP contribution in [0, 0.1) is 0 Å². The van der Waals surface area contributed by atoms with Gasteiger partial charge in [-0.2, -0.15) is 0 Å². The largest absolute Gasteiger partial charge is 0.489 e. The predicted molar refractivity (Wildman–Crippen MR) is 140 cm³/mol. The van der Waals surface area contributed by atoms with Gasteiger partial charge in [0, 0.05) is 51.1 Å². The van der Waals surface area contributed by atoms with Crippen LogP contribution in [0.4, 0.5) is 0 Å². The third kappa shape index (κ3) is 3.78. The summed E-state index contributed by atoms with van der Waals surface area (Å²) < 4.78 is 17.9. The van der Waals surface area contributed by atoms with Gasteiger partial charge in [0.2, 0.25) is 0 Å². The molecule has 0 amide bonds. The molecule has 2 N–H and O–H groups in total. The van der Waals surface area contributed by atoms with Gasteiger partial charge in [-0.15, -0.1) is 0 Å². The summed E-state index contributed by atoms with van der Waals surface area (Å²) in [5.41, 5.74) is 5.51. The van der Waals surface area contributed by atoms with E-state index in [4.69, 9.17) is 14.2 Å². The van der Waals surface area contributed by atoms with Crippen molar-refractivity contribution in [1.82, 2.24) is 9.97 Å². The first kappa shape index (κ1) is 20.4. The highest BCUT2D eigenvalue weighted by Crippen LogP contribution is 2.31. The lowest BCUT2D eigenvalue weighted by Gasteiger charge is -2.23. The Kier molecular flexibility index (Phi) is 4.88. The number of aromatic amines is 2. The van der Waals surface area contributed by atoms with E-state index < -0.39 is 0 Å². The number of ether oxygens (including phenoxy) is 3. The van der Waals surface area contributed by atoms with Crippen LogP contribution < -0.4 is 9.47 Å². The van der Waals surface area contributed by atoms with Crippen molar-refractivity contribution in [2.75, 3.05) is 6.61 Å². The van der Waals surface area contributed by atoms with E-state index in [-0.39, 0.29) is 6.29 Å². The second kappa shape index (κ2) is 8.36. The fourth-order valence-corrected chi connectivity index (χ4v) is 5.15. The summed E-state index contributed by atoms with van der Waals surface area (Å²) in [6.07, 6.45) is 3.07. The van der Waals surface area contributed by atoms with Crippen molar-refractivity contribution in [3.8, 4) is 11.5 Å². The van der Waals surface area contributed by atoms with Gasteiger partial charge in [0.15, 0.2) is 6.29 Å². The second-order valence-corrected chi connectivity index (χ2v) is 9.29. The summed E-state index contributed by atoms with van der Waals surface area (Å²) in [5.74, 6) is 1.69. The summed E-state index contributed by atoms with van der Waals surface area (Å²) in [7, 11) is 0. The minimum Gasteiger partial charge on any atom is -0.489 e. The van der Waals surface area contributed by atoms with Gasteiger partial charge in [-0.25, -0.2) is 0 Å². The van der Waals surface area contributed by atoms with Crippen LogP contribution >= 0.6 is 0 Å². The lowest BCUT2D eigenvalue weighted by molar-refractivity contribution is -0.105. The van der Waals surface area contributed by atoms with Crippen molar-refractivity contribution in [3.63, 3.8) is 0 Å². The maximum Gasteiger partial charge on any atom is 0.199 e. The van der Waals surface area contributed by atoms with Crippen LogP contribution in [0.3, 0.4) is 0 Å². The Morgan fingerprint density at radius 1 is 0.686 bits per heavy atom. The Morgan fingerprint density at radius 2 is 1.37 bits per heavy atom. The van der Waals surface area contributed by atoms with E-state index in [1.807, 2.05) is 18.2 Å². The van der Waals surface area contributed by atoms with E-state index >= 15 is 0 Å². The molecule has 0 spiro atoms. The van der Waals surface area contributed by atoms with Crippen LogP contribution in [-0.4, -0.2) is 22.9 Å². The number of fused-ring (bicyclic) bond motifs is 6. The van der Waals surface area contributed by atoms with Gasteiger partial charge in [-0.1, -0.05) is 30.3 Å². The Labute approximate surface area is 202 Å². The van der Waals surface area contributed by atoms with Crippen LogP contribution in [0.1, 0.15) is 24.8 Å². The third-order valence-corrected chi connectivity index (χ3v) is 6.92. The summed E-state index contributed by atoms with van der Waals surface area (Å²) >= 11 is 0. The normalized spacial score (nSPS) is 16.4. The van der Waals surface area contributed by atoms with E-state index in [1.165, 1.54) is 21.5 Å². The van der Waals surface area contributed by atoms with Crippen molar-refractivity contribution < 1.29 is 14.2 Å². The van der Waals surface area contributed by atoms with Crippen molar-refractivity contribution in [2.24, 2.45) is 0 Å². The van der Waals surface area contributed by atoms with Gasteiger partial charge in [-0.3, -0.25) is 0 Å². The van der Waals surface area contributed by atoms with Gasteiger partial charge in [-0.05, 0) is 54.8 Å². The van der Waals surface area contributed by atoms with E-state index in [9.17, 15) is 0 Å². The van der Waals surface area contributed by atoms with Gasteiger partial charge in [0.25, 0.3) is 0 Å². The molecule has 0 bridgehead atoms. The number of hydrogen-bond donors (Lipinski definition) is 2. The quantitative estimate of drug-likeness (QED) is 0.280. The molecule has 1 atom stereocenters. The summed E-state index contributed by atoms with van der Waals surface area (Å²) in [4.78, 5) is 7.03. The number of aromatic nitrogens is 2. The molecule has 2 aromatic heterocycles. The highest BCUT2D eigenvalue weighted by atomic mass is 16.7. The SMILES string of the molecule is c1ccc2c(c1)[nH]c1cc(OCc3ccc4c(c3)[nH]c3cc(OC5CCCCO5)ccc34)ccc12. The van der Waals surface area contributed by atoms with Gasteiger partial charge < -0.3 is 24.2 Å². The summed E-state index contributed by atoms with van der Waals surface area (Å²) in [6.45, 7) is 1.28. The highest BCUT2D eigenvalue weighted by Gasteiger charge is 2.16. The zero-order valence-electron chi connectivity index (χ0n) is 19.3. The van der Waals surface area contributed by atoms with Crippen molar-refractivity contribution in [2.45, 2.75) is 32.2 Å². The van der Waals surface area contributed by atoms with E-state index in [0.717, 1.165) is 65.0 Å². The average molecular weight is 463 g/mol. The molecule has 1 saturated heterocycles. The Morgan fingerprint density at radius 3 is 2.20 bits per heavy atom. The molecule has 174 valence electrons. The van der Waals surface area contributed by atoms with Crippen LogP contribution in [0.25, 0.3) is 43.6 Å². The highest BCUT2D eigenvalue weighted by molar-refractivity contribution is 6.08. The minimum absolute atomic E-state index is 0.141. The molecule has 1 aliphatic rings. The molecule has 1 fully saturated rings. The first-order valence-corrected chi connectivity index (χ1v) is 12.3. The fourth-order valence-electron chi connectivity index (χ4n) is 5.15. The monoisotopic (exact) mass is 462 g/mol. The standard InChI is InChI=1S/C30H26N2O3/c1-2-6-26-22(5-1)24-12-9-20(16-28(24)31-26)34-18-19-8-11-23-25-13-10-21(17-29(25)32-27(23)15-19)35-30-7-3-4-14-33-30/h1-2,5-6,8-13,15-17,30-32H,3-4,7,14,18H2. The number of H-pyrrole nitrogens is 2. The molecule has 1 aliphatic heterocycles. The van der Waals surface area contributed by atoms with Crippen molar-refractivity contribution in [3.05, 3.63) is 84.4 Å². The summed E-state index contributed by atoms with van der Waals surface area (Å²) in [6, 6.07) is 27.3. The smallest absolute Gasteiger partial charge is 0.199 e. The van der Waals surface area contributed by atoms with Gasteiger partial charge >= 0.3 is 0 Å². The van der Waals surface area contributed by atoms with Crippen LogP contribution in [0.2, 0.25) is 0 Å². The molecular formula is C30H26N2O3. The van der Waals surface area contributed by atoms with Crippen LogP contribution in [-0.2, 0) is 11.3 Å². The fraction of sp³-hybridized carbons (Fsp3) is 0.200. The zero-order valence-corrected chi connectivity index (χ0v) is 19.3. The maximum atomic E-state index is 6.16. The molecule has 5 nitrogen and oxygen atoms in total. The molecule has 35 heavy (non-hydrogen) atoms. The minimum atomic E-state index is -0.141. The number of benzene rings is 4. The molecule has 0 saturated carbocycles. The molecule has 4 aromatic carbocycles. The first-order valence-electron chi connectivity index (χ1n) is 12.3. The zero-order chi connectivity index (χ0) is 23.2. The molecule has 6 aromatic rings. The molecule has 3 heterocycles. The van der Waals surface area contributed by atoms with Gasteiger partial charge in [0.1, 0.15) is 18.1 Å². The number of para-hydroxylation sites is 1. The number of hydrogen-bond acceptors (Lipinski definition) is 3. The Balaban J connectivity index is 1.11. The van der Waals surface area contributed by atoms with Crippen molar-refractivity contribution in [1.29, 1.82) is 0 Å². The van der Waals surface area contributed by atoms with Gasteiger partial charge in [0.05, 0.1) is 17.6 Å². The molecule has 1 unspecified atom stereocenters. The topological polar surface area (TPSA) is 59.3 Å². The maximum absolute atomic E-state index is 6.16. The number of nitrogens with one attached hydrogen (secondary N) is 2. The first-order chi connectivity index (χ1) is 17.3. The lowest BCUT2D eigenvalue weighted by atomic mass is 10.1. The second-order valence-electron chi connectivity index (χ2n) is 9.29. The van der Waals surface area contributed by atoms with E-state index in [2.05, 4.69) is 70.6 Å². The number of rotatable bonds is 5. The van der Waals surface area contributed by atoms with Crippen molar-refractivity contribution >= 4 is 43.6 Å². The molecular weight excluding hydrogens is 436 g/mol. The van der Waals surface area contributed by atoms with Crippen LogP contribution in [0.15, 0.2) is 78.9 Å². The van der Waals surface area contributed by atoms with E-state index in [1.54, 1.807) is 0 Å². The lowest BCUT2D eigenvalue weighted by Crippen LogP contribution is -2.24. The summed E-state index contributed by atoms with van der Waals surface area (Å²) in [5, 5.41) is 4.83. The average Bonchev–Trinajstić information content (AvgIpc) is 3.44. The van der Waals surface area contributed by atoms with Crippen LogP contribution in [0.5, 0.6) is 11.5 Å². The predicted octanol–water partition coefficient (Wildman–Crippen LogP) is 7.44.